The van der Waals surface area contributed by atoms with E-state index >= 15 is 0 Å². The van der Waals surface area contributed by atoms with Gasteiger partial charge in [0.05, 0.1) is 0 Å². The van der Waals surface area contributed by atoms with Gasteiger partial charge in [0.1, 0.15) is 0 Å². The average Bonchev–Trinajstić information content (AvgIpc) is 2.31. The van der Waals surface area contributed by atoms with Crippen molar-refractivity contribution in [2.45, 2.75) is 13.0 Å². The first kappa shape index (κ1) is 14.7. The van der Waals surface area contributed by atoms with Crippen LogP contribution in [0.4, 0.5) is 8.78 Å². The fraction of sp³-hybridized carbons (Fsp3) is 0.273. The van der Waals surface area contributed by atoms with Gasteiger partial charge >= 0.3 is 18.4 Å². The van der Waals surface area contributed by atoms with Crippen molar-refractivity contribution in [3.05, 3.63) is 23.8 Å². The van der Waals surface area contributed by atoms with Crippen LogP contribution in [0.2, 0.25) is 0 Å². The number of alkyl halides is 2. The van der Waals surface area contributed by atoms with Crippen molar-refractivity contribution < 1.29 is 28.2 Å². The van der Waals surface area contributed by atoms with Crippen molar-refractivity contribution in [3.63, 3.8) is 0 Å². The zero-order valence-electron chi connectivity index (χ0n) is 9.73. The van der Waals surface area contributed by atoms with Crippen molar-refractivity contribution in [3.8, 4) is 11.5 Å². The number of nitrogens with two attached hydrogens (primary N) is 1. The number of benzene rings is 1. The zero-order valence-corrected chi connectivity index (χ0v) is 9.73. The van der Waals surface area contributed by atoms with Crippen LogP contribution in [0.25, 0.3) is 0 Å². The van der Waals surface area contributed by atoms with Gasteiger partial charge in [-0.15, -0.1) is 0 Å². The van der Waals surface area contributed by atoms with E-state index in [1.807, 2.05) is 0 Å². The summed E-state index contributed by atoms with van der Waals surface area (Å²) >= 11 is 0. The van der Waals surface area contributed by atoms with E-state index in [1.165, 1.54) is 18.2 Å². The summed E-state index contributed by atoms with van der Waals surface area (Å²) < 4.78 is 27.9. The summed E-state index contributed by atoms with van der Waals surface area (Å²) in [5, 5.41) is 11.7. The van der Waals surface area contributed by atoms with Crippen molar-refractivity contribution in [1.82, 2.24) is 5.32 Å². The van der Waals surface area contributed by atoms with E-state index in [1.54, 1.807) is 0 Å². The number of hydrogen-bond donors (Lipinski definition) is 3. The quantitative estimate of drug-likeness (QED) is 0.664. The Hall–Kier alpha value is -2.38. The van der Waals surface area contributed by atoms with Crippen molar-refractivity contribution in [2.75, 3.05) is 6.54 Å². The lowest BCUT2D eigenvalue weighted by molar-refractivity contribution is -0.137. The van der Waals surface area contributed by atoms with Crippen LogP contribution in [0.5, 0.6) is 11.5 Å². The predicted molar refractivity (Wildman–Crippen MR) is 60.6 cm³/mol. The number of ether oxygens (including phenoxy) is 1. The molecule has 0 atom stereocenters. The van der Waals surface area contributed by atoms with Crippen LogP contribution in [0, 0.1) is 0 Å². The van der Waals surface area contributed by atoms with E-state index in [9.17, 15) is 23.5 Å². The lowest BCUT2D eigenvalue weighted by Crippen LogP contribution is -2.37. The molecule has 0 aromatic heterocycles. The smallest absolute Gasteiger partial charge is 0.387 e. The van der Waals surface area contributed by atoms with Crippen LogP contribution in [0.1, 0.15) is 5.56 Å². The summed E-state index contributed by atoms with van der Waals surface area (Å²) in [5.41, 5.74) is 5.30. The van der Waals surface area contributed by atoms with Crippen molar-refractivity contribution >= 4 is 11.8 Å². The molecule has 2 amide bonds. The second-order valence-corrected chi connectivity index (χ2v) is 3.55. The van der Waals surface area contributed by atoms with E-state index in [0.717, 1.165) is 0 Å². The van der Waals surface area contributed by atoms with E-state index < -0.39 is 24.2 Å². The molecule has 0 fully saturated rings. The van der Waals surface area contributed by atoms with Gasteiger partial charge in [0.25, 0.3) is 0 Å². The number of hydrogen-bond acceptors (Lipinski definition) is 4. The molecular weight excluding hydrogens is 262 g/mol. The van der Waals surface area contributed by atoms with E-state index in [-0.39, 0.29) is 12.3 Å². The molecule has 6 nitrogen and oxygen atoms in total. The molecule has 104 valence electrons. The number of phenolic OH excluding ortho intramolecular Hbond substituents is 1. The highest BCUT2D eigenvalue weighted by Crippen LogP contribution is 2.28. The Kier molecular flexibility index (Phi) is 5.04. The number of carbonyl (C=O) groups is 2. The Labute approximate surface area is 107 Å². The number of aromatic hydroxyl groups is 1. The third kappa shape index (κ3) is 4.78. The highest BCUT2D eigenvalue weighted by Gasteiger charge is 2.10. The summed E-state index contributed by atoms with van der Waals surface area (Å²) in [6, 6.07) is 3.87. The lowest BCUT2D eigenvalue weighted by atomic mass is 10.1. The van der Waals surface area contributed by atoms with Crippen molar-refractivity contribution in [1.29, 1.82) is 0 Å². The van der Waals surface area contributed by atoms with Gasteiger partial charge in [0.15, 0.2) is 11.5 Å². The largest absolute Gasteiger partial charge is 0.504 e. The second kappa shape index (κ2) is 6.53. The fourth-order valence-electron chi connectivity index (χ4n) is 1.32. The Morgan fingerprint density at radius 2 is 2.11 bits per heavy atom. The minimum atomic E-state index is -3.02. The normalized spacial score (nSPS) is 10.3. The monoisotopic (exact) mass is 274 g/mol. The average molecular weight is 274 g/mol. The first-order valence-corrected chi connectivity index (χ1v) is 5.24. The van der Waals surface area contributed by atoms with Gasteiger partial charge in [-0.1, -0.05) is 6.07 Å². The molecule has 1 rings (SSSR count). The third-order valence-electron chi connectivity index (χ3n) is 2.16. The first-order chi connectivity index (χ1) is 8.90. The Morgan fingerprint density at radius 3 is 2.63 bits per heavy atom. The summed E-state index contributed by atoms with van der Waals surface area (Å²) in [6.07, 6.45) is 0.293. The number of carbonyl (C=O) groups excluding carboxylic acids is 2. The summed E-state index contributed by atoms with van der Waals surface area (Å²) in [6.45, 7) is -2.90. The number of primary amides is 1. The molecular formula is C11H12F2N2O4. The highest BCUT2D eigenvalue weighted by molar-refractivity contribution is 6.34. The Morgan fingerprint density at radius 1 is 1.42 bits per heavy atom. The maximum Gasteiger partial charge on any atom is 0.387 e. The molecule has 1 aromatic carbocycles. The van der Waals surface area contributed by atoms with Crippen LogP contribution in [-0.4, -0.2) is 30.1 Å². The molecule has 0 saturated heterocycles. The molecule has 0 bridgehead atoms. The summed E-state index contributed by atoms with van der Waals surface area (Å²) in [7, 11) is 0. The van der Waals surface area contributed by atoms with Gasteiger partial charge in [-0.3, -0.25) is 9.59 Å². The van der Waals surface area contributed by atoms with Gasteiger partial charge in [0.2, 0.25) is 0 Å². The molecule has 4 N–H and O–H groups in total. The molecule has 0 aliphatic heterocycles. The molecule has 0 aliphatic carbocycles. The minimum Gasteiger partial charge on any atom is -0.504 e. The van der Waals surface area contributed by atoms with Gasteiger partial charge in [-0.25, -0.2) is 0 Å². The summed E-state index contributed by atoms with van der Waals surface area (Å²) in [4.78, 5) is 21.3. The van der Waals surface area contributed by atoms with E-state index in [2.05, 4.69) is 10.1 Å². The molecule has 1 aromatic rings. The first-order valence-electron chi connectivity index (χ1n) is 5.24. The highest BCUT2D eigenvalue weighted by atomic mass is 19.3. The van der Waals surface area contributed by atoms with Crippen LogP contribution in [0.15, 0.2) is 18.2 Å². The SMILES string of the molecule is NC(=O)C(=O)NCCc1ccc(OC(F)F)c(O)c1. The maximum atomic E-state index is 11.9. The van der Waals surface area contributed by atoms with Gasteiger partial charge in [-0.05, 0) is 24.1 Å². The van der Waals surface area contributed by atoms with Gasteiger partial charge < -0.3 is 20.9 Å². The van der Waals surface area contributed by atoms with E-state index in [0.29, 0.717) is 12.0 Å². The second-order valence-electron chi connectivity index (χ2n) is 3.55. The minimum absolute atomic E-state index is 0.121. The molecule has 8 heteroatoms. The standard InChI is InChI=1S/C11H12F2N2O4/c12-11(13)19-8-2-1-6(5-7(8)16)3-4-15-10(18)9(14)17/h1-2,5,11,16H,3-4H2,(H2,14,17)(H,15,18). The number of nitrogens with one attached hydrogen (secondary N) is 1. The van der Waals surface area contributed by atoms with Gasteiger partial charge in [0, 0.05) is 6.54 Å². The van der Waals surface area contributed by atoms with Gasteiger partial charge in [-0.2, -0.15) is 8.78 Å². The van der Waals surface area contributed by atoms with Crippen LogP contribution < -0.4 is 15.8 Å². The molecule has 0 unspecified atom stereocenters. The van der Waals surface area contributed by atoms with Crippen LogP contribution >= 0.6 is 0 Å². The summed E-state index contributed by atoms with van der Waals surface area (Å²) in [5.74, 6) is -2.77. The Balaban J connectivity index is 2.54. The van der Waals surface area contributed by atoms with Crippen molar-refractivity contribution in [2.24, 2.45) is 5.73 Å². The third-order valence-corrected chi connectivity index (χ3v) is 2.16. The van der Waals surface area contributed by atoms with Crippen LogP contribution in [-0.2, 0) is 16.0 Å². The fourth-order valence-corrected chi connectivity index (χ4v) is 1.32. The molecule has 0 heterocycles. The van der Waals surface area contributed by atoms with E-state index in [4.69, 9.17) is 5.73 Å². The Bertz CT molecular complexity index is 480. The molecule has 19 heavy (non-hydrogen) atoms. The lowest BCUT2D eigenvalue weighted by Gasteiger charge is -2.08. The molecule has 0 radical (unpaired) electrons. The number of amides is 2. The maximum absolute atomic E-state index is 11.9. The van der Waals surface area contributed by atoms with Crippen LogP contribution in [0.3, 0.4) is 0 Å². The number of phenols is 1. The molecule has 0 spiro atoms. The number of rotatable bonds is 5. The number of halogens is 2. The predicted octanol–water partition coefficient (Wildman–Crippen LogP) is 0.138. The molecule has 0 aliphatic rings. The molecule has 0 saturated carbocycles. The zero-order chi connectivity index (χ0) is 14.4. The topological polar surface area (TPSA) is 102 Å².